The SMILES string of the molecule is Cc1cnccc1-c1ccccc1-c1cccc(C2(c3cccc(-c4nc(-c5ccccc5)nc(-c5ccccc5)n4)c3)c3ccccc3-c3ccccc32)c1. The second-order valence-corrected chi connectivity index (χ2v) is 14.3. The lowest BCUT2D eigenvalue weighted by molar-refractivity contribution is 0.769. The Balaban J connectivity index is 1.21. The van der Waals surface area contributed by atoms with Crippen molar-refractivity contribution in [2.75, 3.05) is 0 Å². The monoisotopic (exact) mass is 716 g/mol. The molecule has 1 aliphatic rings. The number of hydrogen-bond donors (Lipinski definition) is 0. The van der Waals surface area contributed by atoms with Crippen LogP contribution in [-0.2, 0) is 5.41 Å². The summed E-state index contributed by atoms with van der Waals surface area (Å²) in [5, 5.41) is 0. The van der Waals surface area contributed by atoms with Gasteiger partial charge in [-0.1, -0.05) is 170 Å². The molecular formula is C52H36N4. The highest BCUT2D eigenvalue weighted by Gasteiger charge is 2.46. The maximum absolute atomic E-state index is 5.12. The van der Waals surface area contributed by atoms with Gasteiger partial charge in [-0.05, 0) is 86.3 Å². The number of nitrogens with zero attached hydrogens (tertiary/aromatic N) is 4. The molecule has 0 atom stereocenters. The van der Waals surface area contributed by atoms with Crippen LogP contribution in [0.2, 0.25) is 0 Å². The Morgan fingerprint density at radius 2 is 0.804 bits per heavy atom. The maximum atomic E-state index is 5.12. The Morgan fingerprint density at radius 3 is 1.38 bits per heavy atom. The molecule has 4 nitrogen and oxygen atoms in total. The summed E-state index contributed by atoms with van der Waals surface area (Å²) in [6.45, 7) is 2.13. The smallest absolute Gasteiger partial charge is 0.164 e. The Morgan fingerprint density at radius 1 is 0.357 bits per heavy atom. The van der Waals surface area contributed by atoms with Crippen LogP contribution in [0.1, 0.15) is 27.8 Å². The number of rotatable bonds is 7. The highest BCUT2D eigenvalue weighted by Crippen LogP contribution is 2.56. The van der Waals surface area contributed by atoms with Crippen molar-refractivity contribution in [3.05, 3.63) is 228 Å². The predicted octanol–water partition coefficient (Wildman–Crippen LogP) is 12.3. The van der Waals surface area contributed by atoms with E-state index in [1.54, 1.807) is 0 Å². The first-order valence-corrected chi connectivity index (χ1v) is 19.0. The van der Waals surface area contributed by atoms with Crippen molar-refractivity contribution in [2.45, 2.75) is 12.3 Å². The van der Waals surface area contributed by atoms with E-state index in [4.69, 9.17) is 15.0 Å². The molecule has 4 heteroatoms. The summed E-state index contributed by atoms with van der Waals surface area (Å²) < 4.78 is 0. The first kappa shape index (κ1) is 33.3. The second kappa shape index (κ2) is 13.8. The Kier molecular flexibility index (Phi) is 8.23. The Labute approximate surface area is 326 Å². The number of hydrogen-bond acceptors (Lipinski definition) is 4. The lowest BCUT2D eigenvalue weighted by atomic mass is 9.67. The summed E-state index contributed by atoms with van der Waals surface area (Å²) in [6, 6.07) is 66.8. The molecule has 0 aliphatic heterocycles. The van der Waals surface area contributed by atoms with Gasteiger partial charge in [-0.25, -0.2) is 15.0 Å². The van der Waals surface area contributed by atoms with Gasteiger partial charge in [0.15, 0.2) is 17.5 Å². The summed E-state index contributed by atoms with van der Waals surface area (Å²) in [5.74, 6) is 1.91. The van der Waals surface area contributed by atoms with Crippen molar-refractivity contribution in [2.24, 2.45) is 0 Å². The standard InChI is InChI=1S/C52H36N4/c1-35-34-53-31-30-42(35)44-25-9-8-24-43(44)38-20-14-22-40(32-38)52(47-28-12-10-26-45(47)46-27-11-13-29-48(46)52)41-23-15-21-39(33-41)51-55-49(36-16-4-2-5-17-36)54-50(56-51)37-18-6-3-7-19-37/h2-34H,1H3. The Hall–Kier alpha value is -7.30. The van der Waals surface area contributed by atoms with E-state index in [2.05, 4.69) is 139 Å². The number of aromatic nitrogens is 4. The average Bonchev–Trinajstić information content (AvgIpc) is 3.58. The zero-order valence-electron chi connectivity index (χ0n) is 30.8. The number of pyridine rings is 1. The molecule has 0 bridgehead atoms. The van der Waals surface area contributed by atoms with Crippen LogP contribution in [-0.4, -0.2) is 19.9 Å². The van der Waals surface area contributed by atoms with Gasteiger partial charge in [0.2, 0.25) is 0 Å². The fourth-order valence-electron chi connectivity index (χ4n) is 8.52. The molecule has 0 fully saturated rings. The summed E-state index contributed by atoms with van der Waals surface area (Å²) in [4.78, 5) is 19.6. The van der Waals surface area contributed by atoms with Gasteiger partial charge in [0.05, 0.1) is 5.41 Å². The molecule has 0 saturated carbocycles. The molecule has 0 spiro atoms. The number of fused-ring (bicyclic) bond motifs is 3. The molecule has 10 rings (SSSR count). The van der Waals surface area contributed by atoms with Crippen molar-refractivity contribution in [3.8, 4) is 67.5 Å². The van der Waals surface area contributed by atoms with Gasteiger partial charge in [-0.15, -0.1) is 0 Å². The number of aryl methyl sites for hydroxylation is 1. The molecule has 0 N–H and O–H groups in total. The first-order chi connectivity index (χ1) is 27.7. The van der Waals surface area contributed by atoms with E-state index in [9.17, 15) is 0 Å². The molecule has 264 valence electrons. The molecule has 2 heterocycles. The molecule has 7 aromatic carbocycles. The third kappa shape index (κ3) is 5.54. The molecule has 0 saturated heterocycles. The largest absolute Gasteiger partial charge is 0.264 e. The van der Waals surface area contributed by atoms with Crippen LogP contribution in [0.4, 0.5) is 0 Å². The zero-order valence-corrected chi connectivity index (χ0v) is 30.8. The molecule has 0 radical (unpaired) electrons. The van der Waals surface area contributed by atoms with E-state index in [1.807, 2.05) is 73.1 Å². The maximum Gasteiger partial charge on any atom is 0.164 e. The lowest BCUT2D eigenvalue weighted by Gasteiger charge is -2.34. The molecule has 1 aliphatic carbocycles. The fourth-order valence-corrected chi connectivity index (χ4v) is 8.52. The summed E-state index contributed by atoms with van der Waals surface area (Å²) in [6.07, 6.45) is 3.82. The van der Waals surface area contributed by atoms with Gasteiger partial charge >= 0.3 is 0 Å². The third-order valence-corrected chi connectivity index (χ3v) is 11.0. The van der Waals surface area contributed by atoms with E-state index in [-0.39, 0.29) is 0 Å². The van der Waals surface area contributed by atoms with E-state index in [0.717, 1.165) is 33.4 Å². The van der Waals surface area contributed by atoms with Gasteiger partial charge < -0.3 is 0 Å². The fraction of sp³-hybridized carbons (Fsp3) is 0.0385. The topological polar surface area (TPSA) is 51.6 Å². The minimum absolute atomic E-state index is 0.627. The molecule has 0 unspecified atom stereocenters. The minimum Gasteiger partial charge on any atom is -0.264 e. The van der Waals surface area contributed by atoms with Crippen LogP contribution >= 0.6 is 0 Å². The summed E-state index contributed by atoms with van der Waals surface area (Å²) in [5.41, 5.74) is 15.4. The van der Waals surface area contributed by atoms with Crippen molar-refractivity contribution < 1.29 is 0 Å². The minimum atomic E-state index is -0.627. The quantitative estimate of drug-likeness (QED) is 0.165. The average molecular weight is 717 g/mol. The third-order valence-electron chi connectivity index (χ3n) is 11.0. The molecule has 56 heavy (non-hydrogen) atoms. The summed E-state index contributed by atoms with van der Waals surface area (Å²) in [7, 11) is 0. The van der Waals surface area contributed by atoms with Crippen LogP contribution in [0.15, 0.2) is 200 Å². The van der Waals surface area contributed by atoms with Crippen LogP contribution in [0.25, 0.3) is 67.5 Å². The van der Waals surface area contributed by atoms with Gasteiger partial charge in [-0.3, -0.25) is 4.98 Å². The van der Waals surface area contributed by atoms with Crippen molar-refractivity contribution in [1.82, 2.24) is 19.9 Å². The normalized spacial score (nSPS) is 12.5. The predicted molar refractivity (Wildman–Crippen MR) is 227 cm³/mol. The van der Waals surface area contributed by atoms with Crippen LogP contribution < -0.4 is 0 Å². The van der Waals surface area contributed by atoms with Crippen molar-refractivity contribution in [1.29, 1.82) is 0 Å². The van der Waals surface area contributed by atoms with Gasteiger partial charge in [0.1, 0.15) is 0 Å². The first-order valence-electron chi connectivity index (χ1n) is 19.0. The van der Waals surface area contributed by atoms with Gasteiger partial charge in [-0.2, -0.15) is 0 Å². The molecule has 2 aromatic heterocycles. The van der Waals surface area contributed by atoms with Crippen LogP contribution in [0.5, 0.6) is 0 Å². The van der Waals surface area contributed by atoms with Crippen molar-refractivity contribution in [3.63, 3.8) is 0 Å². The van der Waals surface area contributed by atoms with Gasteiger partial charge in [0, 0.05) is 29.1 Å². The highest BCUT2D eigenvalue weighted by molar-refractivity contribution is 5.89. The van der Waals surface area contributed by atoms with Gasteiger partial charge in [0.25, 0.3) is 0 Å². The molecular weight excluding hydrogens is 681 g/mol. The van der Waals surface area contributed by atoms with Crippen LogP contribution in [0, 0.1) is 6.92 Å². The number of benzene rings is 7. The van der Waals surface area contributed by atoms with Crippen molar-refractivity contribution >= 4 is 0 Å². The van der Waals surface area contributed by atoms with Crippen LogP contribution in [0.3, 0.4) is 0 Å². The zero-order chi connectivity index (χ0) is 37.5. The Bertz CT molecular complexity index is 2780. The summed E-state index contributed by atoms with van der Waals surface area (Å²) >= 11 is 0. The molecule has 9 aromatic rings. The molecule has 0 amide bonds. The van der Waals surface area contributed by atoms with E-state index >= 15 is 0 Å². The van der Waals surface area contributed by atoms with E-state index in [0.29, 0.717) is 17.5 Å². The highest BCUT2D eigenvalue weighted by atomic mass is 15.0. The van der Waals surface area contributed by atoms with E-state index in [1.165, 1.54) is 44.5 Å². The second-order valence-electron chi connectivity index (χ2n) is 14.3. The van der Waals surface area contributed by atoms with E-state index < -0.39 is 5.41 Å². The lowest BCUT2D eigenvalue weighted by Crippen LogP contribution is -2.28.